The first-order valence-corrected chi connectivity index (χ1v) is 4.70. The summed E-state index contributed by atoms with van der Waals surface area (Å²) in [5.74, 6) is 0.871. The molecule has 0 radical (unpaired) electrons. The van der Waals surface area contributed by atoms with Gasteiger partial charge in [0.25, 0.3) is 0 Å². The van der Waals surface area contributed by atoms with Crippen LogP contribution in [0, 0.1) is 6.92 Å². The summed E-state index contributed by atoms with van der Waals surface area (Å²) >= 11 is 4.19. The monoisotopic (exact) mass is 182 g/mol. The van der Waals surface area contributed by atoms with Gasteiger partial charge in [0.2, 0.25) is 0 Å². The van der Waals surface area contributed by atoms with Crippen molar-refractivity contribution in [3.05, 3.63) is 35.4 Å². The zero-order valence-electron chi connectivity index (χ0n) is 7.20. The summed E-state index contributed by atoms with van der Waals surface area (Å²) in [4.78, 5) is 0. The third-order valence-electron chi connectivity index (χ3n) is 2.07. The molecule has 0 fully saturated rings. The zero-order chi connectivity index (χ0) is 8.97. The van der Waals surface area contributed by atoms with E-state index in [-0.39, 0.29) is 12.5 Å². The van der Waals surface area contributed by atoms with Gasteiger partial charge in [-0.1, -0.05) is 24.3 Å². The highest BCUT2D eigenvalue weighted by molar-refractivity contribution is 7.80. The number of hydrogen-bond donors (Lipinski definition) is 2. The summed E-state index contributed by atoms with van der Waals surface area (Å²) in [6.07, 6.45) is 0. The molecule has 0 aliphatic rings. The Kier molecular flexibility index (Phi) is 3.63. The van der Waals surface area contributed by atoms with E-state index < -0.39 is 0 Å². The lowest BCUT2D eigenvalue weighted by atomic mass is 9.97. The van der Waals surface area contributed by atoms with Gasteiger partial charge in [-0.15, -0.1) is 0 Å². The van der Waals surface area contributed by atoms with Crippen LogP contribution in [0.4, 0.5) is 0 Å². The van der Waals surface area contributed by atoms with Gasteiger partial charge in [-0.3, -0.25) is 0 Å². The van der Waals surface area contributed by atoms with E-state index in [1.54, 1.807) is 0 Å². The van der Waals surface area contributed by atoms with E-state index in [1.807, 2.05) is 18.2 Å². The molecule has 0 saturated carbocycles. The number of hydrogen-bond acceptors (Lipinski definition) is 2. The first-order valence-electron chi connectivity index (χ1n) is 4.06. The van der Waals surface area contributed by atoms with Crippen molar-refractivity contribution in [3.63, 3.8) is 0 Å². The topological polar surface area (TPSA) is 20.2 Å². The highest BCUT2D eigenvalue weighted by Gasteiger charge is 2.09. The number of aryl methyl sites for hydroxylation is 1. The van der Waals surface area contributed by atoms with Gasteiger partial charge in [-0.05, 0) is 23.8 Å². The van der Waals surface area contributed by atoms with Crippen LogP contribution in [0.25, 0.3) is 0 Å². The zero-order valence-corrected chi connectivity index (χ0v) is 8.09. The van der Waals surface area contributed by atoms with Crippen LogP contribution in [0.1, 0.15) is 17.0 Å². The van der Waals surface area contributed by atoms with Crippen molar-refractivity contribution in [1.29, 1.82) is 0 Å². The number of aliphatic hydroxyl groups excluding tert-OH is 1. The second-order valence-electron chi connectivity index (χ2n) is 2.92. The molecule has 0 aliphatic carbocycles. The second kappa shape index (κ2) is 4.53. The van der Waals surface area contributed by atoms with Gasteiger partial charge in [0.15, 0.2) is 0 Å². The third-order valence-corrected chi connectivity index (χ3v) is 2.51. The minimum Gasteiger partial charge on any atom is -0.396 e. The fourth-order valence-corrected chi connectivity index (χ4v) is 1.61. The number of rotatable bonds is 3. The van der Waals surface area contributed by atoms with Gasteiger partial charge >= 0.3 is 0 Å². The fourth-order valence-electron chi connectivity index (χ4n) is 1.30. The van der Waals surface area contributed by atoms with Crippen LogP contribution in [0.15, 0.2) is 24.3 Å². The van der Waals surface area contributed by atoms with E-state index >= 15 is 0 Å². The fraction of sp³-hybridized carbons (Fsp3) is 0.400. The maximum Gasteiger partial charge on any atom is 0.0507 e. The van der Waals surface area contributed by atoms with Crippen molar-refractivity contribution in [3.8, 4) is 0 Å². The maximum atomic E-state index is 9.06. The largest absolute Gasteiger partial charge is 0.396 e. The molecule has 1 aromatic rings. The molecule has 1 N–H and O–H groups in total. The summed E-state index contributed by atoms with van der Waals surface area (Å²) in [5, 5.41) is 9.06. The molecule has 0 aliphatic heterocycles. The van der Waals surface area contributed by atoms with E-state index in [4.69, 9.17) is 5.11 Å². The van der Waals surface area contributed by atoms with Crippen molar-refractivity contribution >= 4 is 12.6 Å². The molecule has 0 heterocycles. The summed E-state index contributed by atoms with van der Waals surface area (Å²) in [6.45, 7) is 2.23. The number of aliphatic hydroxyl groups is 1. The van der Waals surface area contributed by atoms with Gasteiger partial charge in [-0.25, -0.2) is 0 Å². The molecule has 0 saturated heterocycles. The average Bonchev–Trinajstić information content (AvgIpc) is 2.10. The summed E-state index contributed by atoms with van der Waals surface area (Å²) < 4.78 is 0. The quantitative estimate of drug-likeness (QED) is 0.685. The lowest BCUT2D eigenvalue weighted by Gasteiger charge is -2.13. The Bertz CT molecular complexity index is 243. The minimum atomic E-state index is 0.175. The van der Waals surface area contributed by atoms with Crippen LogP contribution >= 0.6 is 12.6 Å². The molecule has 0 aromatic heterocycles. The van der Waals surface area contributed by atoms with Crippen LogP contribution < -0.4 is 0 Å². The summed E-state index contributed by atoms with van der Waals surface area (Å²) in [6, 6.07) is 8.11. The standard InChI is InChI=1S/C10H14OS/c1-8-4-2-3-5-10(8)9(6-11)7-12/h2-5,9,11-12H,6-7H2,1H3. The second-order valence-corrected chi connectivity index (χ2v) is 3.28. The van der Waals surface area contributed by atoms with E-state index in [0.29, 0.717) is 5.75 Å². The Morgan fingerprint density at radius 3 is 2.58 bits per heavy atom. The van der Waals surface area contributed by atoms with Crippen LogP contribution in [0.3, 0.4) is 0 Å². The Balaban J connectivity index is 2.92. The van der Waals surface area contributed by atoms with Crippen molar-refractivity contribution < 1.29 is 5.11 Å². The molecular formula is C10H14OS. The van der Waals surface area contributed by atoms with Crippen molar-refractivity contribution in [1.82, 2.24) is 0 Å². The summed E-state index contributed by atoms with van der Waals surface area (Å²) in [7, 11) is 0. The van der Waals surface area contributed by atoms with Crippen LogP contribution in [-0.4, -0.2) is 17.5 Å². The molecule has 2 heteroatoms. The Hall–Kier alpha value is -0.470. The highest BCUT2D eigenvalue weighted by Crippen LogP contribution is 2.19. The minimum absolute atomic E-state index is 0.175. The molecular weight excluding hydrogens is 168 g/mol. The average molecular weight is 182 g/mol. The Labute approximate surface area is 78.8 Å². The molecule has 1 unspecified atom stereocenters. The molecule has 0 amide bonds. The first-order chi connectivity index (χ1) is 5.79. The van der Waals surface area contributed by atoms with Gasteiger partial charge in [-0.2, -0.15) is 12.6 Å². The van der Waals surface area contributed by atoms with Gasteiger partial charge < -0.3 is 5.11 Å². The number of benzene rings is 1. The lowest BCUT2D eigenvalue weighted by molar-refractivity contribution is 0.274. The van der Waals surface area contributed by atoms with Crippen molar-refractivity contribution in [2.24, 2.45) is 0 Å². The van der Waals surface area contributed by atoms with Gasteiger partial charge in [0.05, 0.1) is 6.61 Å². The maximum absolute atomic E-state index is 9.06. The van der Waals surface area contributed by atoms with Crippen LogP contribution in [-0.2, 0) is 0 Å². The molecule has 1 aromatic carbocycles. The molecule has 0 spiro atoms. The molecule has 66 valence electrons. The van der Waals surface area contributed by atoms with Gasteiger partial charge in [0.1, 0.15) is 0 Å². The SMILES string of the molecule is Cc1ccccc1C(CO)CS. The van der Waals surface area contributed by atoms with E-state index in [1.165, 1.54) is 11.1 Å². The molecule has 12 heavy (non-hydrogen) atoms. The Morgan fingerprint density at radius 2 is 2.08 bits per heavy atom. The molecule has 1 atom stereocenters. The van der Waals surface area contributed by atoms with Crippen molar-refractivity contribution in [2.75, 3.05) is 12.4 Å². The highest BCUT2D eigenvalue weighted by atomic mass is 32.1. The predicted molar refractivity (Wildman–Crippen MR) is 54.9 cm³/mol. The molecule has 0 bridgehead atoms. The first kappa shape index (κ1) is 9.62. The smallest absolute Gasteiger partial charge is 0.0507 e. The van der Waals surface area contributed by atoms with Crippen molar-refractivity contribution in [2.45, 2.75) is 12.8 Å². The number of thiol groups is 1. The van der Waals surface area contributed by atoms with E-state index in [2.05, 4.69) is 25.6 Å². The van der Waals surface area contributed by atoms with Gasteiger partial charge in [0, 0.05) is 5.92 Å². The normalized spacial score (nSPS) is 12.9. The molecule has 1 rings (SSSR count). The summed E-state index contributed by atoms with van der Waals surface area (Å²) in [5.41, 5.74) is 2.43. The Morgan fingerprint density at radius 1 is 1.42 bits per heavy atom. The predicted octanol–water partition coefficient (Wildman–Crippen LogP) is 2.00. The molecule has 1 nitrogen and oxygen atoms in total. The lowest BCUT2D eigenvalue weighted by Crippen LogP contribution is -2.07. The third kappa shape index (κ3) is 2.02. The van der Waals surface area contributed by atoms with Crippen LogP contribution in [0.5, 0.6) is 0 Å². The van der Waals surface area contributed by atoms with E-state index in [9.17, 15) is 0 Å². The van der Waals surface area contributed by atoms with E-state index in [0.717, 1.165) is 0 Å². The van der Waals surface area contributed by atoms with Crippen LogP contribution in [0.2, 0.25) is 0 Å².